The van der Waals surface area contributed by atoms with E-state index in [9.17, 15) is 0 Å². The molecule has 0 spiro atoms. The molecule has 0 unspecified atom stereocenters. The average Bonchev–Trinajstić information content (AvgIpc) is 2.45. The fourth-order valence-corrected chi connectivity index (χ4v) is 1.64. The van der Waals surface area contributed by atoms with Gasteiger partial charge >= 0.3 is 6.01 Å². The Morgan fingerprint density at radius 3 is 2.47 bits per heavy atom. The molecule has 4 heteroatoms. The van der Waals surface area contributed by atoms with E-state index in [1.54, 1.807) is 7.11 Å². The van der Waals surface area contributed by atoms with Crippen LogP contribution < -0.4 is 9.47 Å². The molecule has 0 saturated carbocycles. The molecule has 0 bridgehead atoms. The van der Waals surface area contributed by atoms with E-state index >= 15 is 0 Å². The van der Waals surface area contributed by atoms with E-state index in [2.05, 4.69) is 29.0 Å². The van der Waals surface area contributed by atoms with Crippen LogP contribution in [0.2, 0.25) is 0 Å². The zero-order chi connectivity index (χ0) is 13.7. The minimum atomic E-state index is 0.358. The first-order valence-electron chi connectivity index (χ1n) is 6.36. The molecule has 2 rings (SSSR count). The Bertz CT molecular complexity index is 538. The fourth-order valence-electron chi connectivity index (χ4n) is 1.64. The largest absolute Gasteiger partial charge is 0.481 e. The highest BCUT2D eigenvalue weighted by Crippen LogP contribution is 2.23. The molecule has 0 amide bonds. The zero-order valence-electron chi connectivity index (χ0n) is 11.5. The van der Waals surface area contributed by atoms with Gasteiger partial charge in [-0.25, -0.2) is 0 Å². The highest BCUT2D eigenvalue weighted by atomic mass is 16.5. The minimum Gasteiger partial charge on any atom is -0.481 e. The average molecular weight is 258 g/mol. The smallest absolute Gasteiger partial charge is 0.320 e. The number of aromatic nitrogens is 2. The van der Waals surface area contributed by atoms with Crippen molar-refractivity contribution in [2.75, 3.05) is 13.7 Å². The number of methoxy groups -OCH3 is 1. The number of benzene rings is 1. The van der Waals surface area contributed by atoms with Crippen molar-refractivity contribution in [3.05, 3.63) is 35.9 Å². The SMILES string of the molecule is CCCOc1nc(OC)cc(-c2ccc(C)cc2)n1. The Kier molecular flexibility index (Phi) is 4.34. The number of hydrogen-bond acceptors (Lipinski definition) is 4. The van der Waals surface area contributed by atoms with Gasteiger partial charge in [0, 0.05) is 11.6 Å². The van der Waals surface area contributed by atoms with Gasteiger partial charge in [-0.1, -0.05) is 36.8 Å². The van der Waals surface area contributed by atoms with E-state index in [0.717, 1.165) is 17.7 Å². The summed E-state index contributed by atoms with van der Waals surface area (Å²) in [6, 6.07) is 10.3. The Morgan fingerprint density at radius 1 is 1.11 bits per heavy atom. The van der Waals surface area contributed by atoms with Crippen molar-refractivity contribution in [3.8, 4) is 23.1 Å². The molecule has 1 aromatic carbocycles. The molecule has 0 radical (unpaired) electrons. The van der Waals surface area contributed by atoms with Gasteiger partial charge in [0.2, 0.25) is 5.88 Å². The highest BCUT2D eigenvalue weighted by Gasteiger charge is 2.07. The molecule has 0 atom stereocenters. The van der Waals surface area contributed by atoms with Gasteiger partial charge < -0.3 is 9.47 Å². The molecular formula is C15H18N2O2. The molecule has 0 fully saturated rings. The Labute approximate surface area is 113 Å². The van der Waals surface area contributed by atoms with E-state index in [1.807, 2.05) is 25.1 Å². The van der Waals surface area contributed by atoms with E-state index in [1.165, 1.54) is 5.56 Å². The summed E-state index contributed by atoms with van der Waals surface area (Å²) in [7, 11) is 1.59. The zero-order valence-corrected chi connectivity index (χ0v) is 11.5. The Hall–Kier alpha value is -2.10. The van der Waals surface area contributed by atoms with Gasteiger partial charge in [0.25, 0.3) is 0 Å². The molecule has 0 aliphatic rings. The number of ether oxygens (including phenoxy) is 2. The van der Waals surface area contributed by atoms with Crippen molar-refractivity contribution in [2.45, 2.75) is 20.3 Å². The van der Waals surface area contributed by atoms with Crippen LogP contribution in [0.3, 0.4) is 0 Å². The summed E-state index contributed by atoms with van der Waals surface area (Å²) in [5, 5.41) is 0. The summed E-state index contributed by atoms with van der Waals surface area (Å²) >= 11 is 0. The lowest BCUT2D eigenvalue weighted by Crippen LogP contribution is -2.02. The molecule has 0 aliphatic carbocycles. The van der Waals surface area contributed by atoms with E-state index < -0.39 is 0 Å². The van der Waals surface area contributed by atoms with Gasteiger partial charge in [0.15, 0.2) is 0 Å². The maximum Gasteiger partial charge on any atom is 0.320 e. The Balaban J connectivity index is 2.35. The van der Waals surface area contributed by atoms with E-state index in [-0.39, 0.29) is 0 Å². The van der Waals surface area contributed by atoms with Gasteiger partial charge in [-0.3, -0.25) is 0 Å². The van der Waals surface area contributed by atoms with Crippen LogP contribution in [0.15, 0.2) is 30.3 Å². The van der Waals surface area contributed by atoms with Crippen LogP contribution in [-0.2, 0) is 0 Å². The molecule has 0 saturated heterocycles. The fraction of sp³-hybridized carbons (Fsp3) is 0.333. The predicted molar refractivity (Wildman–Crippen MR) is 74.5 cm³/mol. The van der Waals surface area contributed by atoms with Crippen LogP contribution in [-0.4, -0.2) is 23.7 Å². The molecule has 0 N–H and O–H groups in total. The van der Waals surface area contributed by atoms with Crippen LogP contribution in [0.1, 0.15) is 18.9 Å². The van der Waals surface area contributed by atoms with Gasteiger partial charge in [-0.15, -0.1) is 0 Å². The van der Waals surface area contributed by atoms with Crippen LogP contribution in [0.5, 0.6) is 11.9 Å². The van der Waals surface area contributed by atoms with Crippen LogP contribution in [0, 0.1) is 6.92 Å². The number of rotatable bonds is 5. The summed E-state index contributed by atoms with van der Waals surface area (Å²) in [5.74, 6) is 0.511. The number of aryl methyl sites for hydroxylation is 1. The van der Waals surface area contributed by atoms with Crippen LogP contribution >= 0.6 is 0 Å². The predicted octanol–water partition coefficient (Wildman–Crippen LogP) is 3.25. The summed E-state index contributed by atoms with van der Waals surface area (Å²) in [6.07, 6.45) is 0.917. The topological polar surface area (TPSA) is 44.2 Å². The second-order valence-electron chi connectivity index (χ2n) is 4.29. The standard InChI is InChI=1S/C15H18N2O2/c1-4-9-19-15-16-13(10-14(17-15)18-3)12-7-5-11(2)6-8-12/h5-8,10H,4,9H2,1-3H3. The van der Waals surface area contributed by atoms with Crippen molar-refractivity contribution in [1.82, 2.24) is 9.97 Å². The molecule has 100 valence electrons. The quantitative estimate of drug-likeness (QED) is 0.825. The monoisotopic (exact) mass is 258 g/mol. The van der Waals surface area contributed by atoms with Gasteiger partial charge in [-0.05, 0) is 13.3 Å². The third-order valence-electron chi connectivity index (χ3n) is 2.67. The lowest BCUT2D eigenvalue weighted by molar-refractivity contribution is 0.285. The van der Waals surface area contributed by atoms with Gasteiger partial charge in [-0.2, -0.15) is 9.97 Å². The number of nitrogens with zero attached hydrogens (tertiary/aromatic N) is 2. The second-order valence-corrected chi connectivity index (χ2v) is 4.29. The summed E-state index contributed by atoms with van der Waals surface area (Å²) in [5.41, 5.74) is 3.04. The van der Waals surface area contributed by atoms with E-state index in [0.29, 0.717) is 18.5 Å². The molecule has 1 heterocycles. The van der Waals surface area contributed by atoms with Crippen molar-refractivity contribution in [1.29, 1.82) is 0 Å². The maximum atomic E-state index is 5.48. The minimum absolute atomic E-state index is 0.358. The number of hydrogen-bond donors (Lipinski definition) is 0. The van der Waals surface area contributed by atoms with Gasteiger partial charge in [0.05, 0.1) is 19.4 Å². The van der Waals surface area contributed by atoms with Crippen LogP contribution in [0.4, 0.5) is 0 Å². The first-order valence-corrected chi connectivity index (χ1v) is 6.36. The lowest BCUT2D eigenvalue weighted by atomic mass is 10.1. The molecule has 19 heavy (non-hydrogen) atoms. The van der Waals surface area contributed by atoms with E-state index in [4.69, 9.17) is 9.47 Å². The molecule has 4 nitrogen and oxygen atoms in total. The first kappa shape index (κ1) is 13.3. The van der Waals surface area contributed by atoms with Crippen LogP contribution in [0.25, 0.3) is 11.3 Å². The van der Waals surface area contributed by atoms with Crippen molar-refractivity contribution < 1.29 is 9.47 Å². The Morgan fingerprint density at radius 2 is 1.84 bits per heavy atom. The maximum absolute atomic E-state index is 5.48. The molecule has 1 aromatic heterocycles. The second kappa shape index (κ2) is 6.18. The molecule has 0 aliphatic heterocycles. The van der Waals surface area contributed by atoms with Crippen molar-refractivity contribution in [3.63, 3.8) is 0 Å². The summed E-state index contributed by atoms with van der Waals surface area (Å²) in [4.78, 5) is 8.58. The summed E-state index contributed by atoms with van der Waals surface area (Å²) in [6.45, 7) is 4.70. The third-order valence-corrected chi connectivity index (χ3v) is 2.67. The van der Waals surface area contributed by atoms with Gasteiger partial charge in [0.1, 0.15) is 0 Å². The lowest BCUT2D eigenvalue weighted by Gasteiger charge is -2.08. The van der Waals surface area contributed by atoms with Crippen molar-refractivity contribution in [2.24, 2.45) is 0 Å². The first-order chi connectivity index (χ1) is 9.22. The van der Waals surface area contributed by atoms with Crippen molar-refractivity contribution >= 4 is 0 Å². The normalized spacial score (nSPS) is 10.3. The highest BCUT2D eigenvalue weighted by molar-refractivity contribution is 5.60. The molecular weight excluding hydrogens is 240 g/mol. The molecule has 2 aromatic rings. The third kappa shape index (κ3) is 3.44. The summed E-state index contributed by atoms with van der Waals surface area (Å²) < 4.78 is 10.7.